The van der Waals surface area contributed by atoms with E-state index in [1.165, 1.54) is 12.8 Å². The summed E-state index contributed by atoms with van der Waals surface area (Å²) in [6, 6.07) is 6.26. The van der Waals surface area contributed by atoms with Gasteiger partial charge in [-0.3, -0.25) is 4.90 Å². The highest BCUT2D eigenvalue weighted by Gasteiger charge is 2.46. The first-order valence-electron chi connectivity index (χ1n) is 9.05. The van der Waals surface area contributed by atoms with Crippen LogP contribution in [-0.2, 0) is 11.3 Å². The first-order chi connectivity index (χ1) is 12.3. The van der Waals surface area contributed by atoms with E-state index in [0.29, 0.717) is 11.5 Å². The highest BCUT2D eigenvalue weighted by Crippen LogP contribution is 2.44. The van der Waals surface area contributed by atoms with Crippen LogP contribution in [0.3, 0.4) is 0 Å². The molecule has 1 spiro atoms. The Morgan fingerprint density at radius 1 is 1.24 bits per heavy atom. The summed E-state index contributed by atoms with van der Waals surface area (Å²) in [7, 11) is 1.78. The zero-order valence-electron chi connectivity index (χ0n) is 14.8. The third kappa shape index (κ3) is 3.55. The van der Waals surface area contributed by atoms with Gasteiger partial charge in [0.05, 0.1) is 25.5 Å². The van der Waals surface area contributed by atoms with E-state index in [0.717, 1.165) is 50.9 Å². The summed E-state index contributed by atoms with van der Waals surface area (Å²) >= 11 is 0. The molecule has 0 amide bonds. The van der Waals surface area contributed by atoms with Crippen molar-refractivity contribution in [2.24, 2.45) is 5.41 Å². The van der Waals surface area contributed by atoms with Crippen molar-refractivity contribution in [3.05, 3.63) is 42.6 Å². The van der Waals surface area contributed by atoms with Crippen LogP contribution >= 0.6 is 0 Å². The Kier molecular flexibility index (Phi) is 4.72. The average Bonchev–Trinajstić information content (AvgIpc) is 3.27. The normalized spacial score (nSPS) is 23.4. The van der Waals surface area contributed by atoms with Crippen molar-refractivity contribution in [3.63, 3.8) is 0 Å². The Hall–Kier alpha value is -1.92. The highest BCUT2D eigenvalue weighted by atomic mass is 16.5. The van der Waals surface area contributed by atoms with Crippen LogP contribution in [-0.4, -0.2) is 54.3 Å². The largest absolute Gasteiger partial charge is 0.468 e. The molecule has 0 N–H and O–H groups in total. The van der Waals surface area contributed by atoms with Crippen molar-refractivity contribution >= 4 is 5.95 Å². The molecule has 1 unspecified atom stereocenters. The van der Waals surface area contributed by atoms with Gasteiger partial charge >= 0.3 is 0 Å². The number of anilines is 1. The lowest BCUT2D eigenvalue weighted by molar-refractivity contribution is 0.101. The summed E-state index contributed by atoms with van der Waals surface area (Å²) in [5.41, 5.74) is 0.349. The first kappa shape index (κ1) is 16.5. The lowest BCUT2D eigenvalue weighted by Crippen LogP contribution is -2.41. The average molecular weight is 342 g/mol. The number of hydrogen-bond acceptors (Lipinski definition) is 6. The van der Waals surface area contributed by atoms with Gasteiger partial charge < -0.3 is 14.1 Å². The molecule has 0 aromatic carbocycles. The molecule has 0 radical (unpaired) electrons. The van der Waals surface area contributed by atoms with Gasteiger partial charge in [-0.15, -0.1) is 0 Å². The van der Waals surface area contributed by atoms with Gasteiger partial charge in [0.25, 0.3) is 0 Å². The van der Waals surface area contributed by atoms with E-state index in [-0.39, 0.29) is 0 Å². The molecule has 2 aliphatic rings. The lowest BCUT2D eigenvalue weighted by Gasteiger charge is -2.38. The molecular formula is C19H26N4O2. The van der Waals surface area contributed by atoms with E-state index in [2.05, 4.69) is 25.8 Å². The summed E-state index contributed by atoms with van der Waals surface area (Å²) in [5, 5.41) is 0. The summed E-state index contributed by atoms with van der Waals surface area (Å²) in [6.07, 6.45) is 8.97. The van der Waals surface area contributed by atoms with Gasteiger partial charge in [0.15, 0.2) is 0 Å². The molecule has 0 bridgehead atoms. The molecule has 2 fully saturated rings. The van der Waals surface area contributed by atoms with Crippen molar-refractivity contribution in [1.29, 1.82) is 0 Å². The second kappa shape index (κ2) is 7.14. The molecule has 1 atom stereocenters. The molecule has 2 saturated heterocycles. The minimum absolute atomic E-state index is 0.349. The summed E-state index contributed by atoms with van der Waals surface area (Å²) in [6.45, 7) is 4.90. The maximum atomic E-state index is 5.49. The van der Waals surface area contributed by atoms with Crippen molar-refractivity contribution in [2.75, 3.05) is 38.3 Å². The predicted octanol–water partition coefficient (Wildman–Crippen LogP) is 2.58. The third-order valence-electron chi connectivity index (χ3n) is 5.66. The summed E-state index contributed by atoms with van der Waals surface area (Å²) in [5.74, 6) is 1.89. The number of methoxy groups -OCH3 is 1. The van der Waals surface area contributed by atoms with Crippen LogP contribution < -0.4 is 4.90 Å². The molecule has 6 heteroatoms. The molecule has 2 aromatic rings. The van der Waals surface area contributed by atoms with Crippen molar-refractivity contribution in [3.8, 4) is 0 Å². The van der Waals surface area contributed by atoms with Crippen LogP contribution in [0.25, 0.3) is 0 Å². The zero-order valence-corrected chi connectivity index (χ0v) is 14.8. The fourth-order valence-corrected chi connectivity index (χ4v) is 4.35. The SMILES string of the molecule is COCC1CC2(CCN(Cc3ccco3)CC2)CN1c1ncccn1. The highest BCUT2D eigenvalue weighted by molar-refractivity contribution is 5.35. The Bertz CT molecular complexity index is 653. The number of piperidine rings is 1. The number of aromatic nitrogens is 2. The quantitative estimate of drug-likeness (QED) is 0.832. The van der Waals surface area contributed by atoms with E-state index in [1.807, 2.05) is 24.5 Å². The van der Waals surface area contributed by atoms with Gasteiger partial charge in [0.2, 0.25) is 5.95 Å². The number of likely N-dealkylation sites (tertiary alicyclic amines) is 1. The van der Waals surface area contributed by atoms with Crippen LogP contribution in [0.15, 0.2) is 41.3 Å². The number of nitrogens with zero attached hydrogens (tertiary/aromatic N) is 4. The van der Waals surface area contributed by atoms with Gasteiger partial charge in [-0.25, -0.2) is 9.97 Å². The van der Waals surface area contributed by atoms with Crippen molar-refractivity contribution in [1.82, 2.24) is 14.9 Å². The molecule has 2 aromatic heterocycles. The van der Waals surface area contributed by atoms with E-state index in [1.54, 1.807) is 13.4 Å². The second-order valence-electron chi connectivity index (χ2n) is 7.35. The number of ether oxygens (including phenoxy) is 1. The van der Waals surface area contributed by atoms with Crippen LogP contribution in [0.2, 0.25) is 0 Å². The van der Waals surface area contributed by atoms with Crippen LogP contribution in [0.4, 0.5) is 5.95 Å². The minimum atomic E-state index is 0.349. The zero-order chi connectivity index (χ0) is 17.1. The number of rotatable bonds is 5. The number of hydrogen-bond donors (Lipinski definition) is 0. The molecule has 0 aliphatic carbocycles. The third-order valence-corrected chi connectivity index (χ3v) is 5.66. The molecule has 134 valence electrons. The fourth-order valence-electron chi connectivity index (χ4n) is 4.35. The van der Waals surface area contributed by atoms with E-state index in [4.69, 9.17) is 9.15 Å². The van der Waals surface area contributed by atoms with E-state index >= 15 is 0 Å². The topological polar surface area (TPSA) is 54.6 Å². The van der Waals surface area contributed by atoms with Crippen LogP contribution in [0, 0.1) is 5.41 Å². The maximum Gasteiger partial charge on any atom is 0.225 e. The standard InChI is InChI=1S/C19H26N4O2/c1-24-14-16-12-19(15-23(16)18-20-7-3-8-21-18)5-9-22(10-6-19)13-17-4-2-11-25-17/h2-4,7-8,11,16H,5-6,9-10,12-15H2,1H3. The molecule has 6 nitrogen and oxygen atoms in total. The molecule has 25 heavy (non-hydrogen) atoms. The molecule has 0 saturated carbocycles. The Morgan fingerprint density at radius 3 is 2.72 bits per heavy atom. The van der Waals surface area contributed by atoms with Gasteiger partial charge in [-0.1, -0.05) is 0 Å². The summed E-state index contributed by atoms with van der Waals surface area (Å²) in [4.78, 5) is 13.8. The first-order valence-corrected chi connectivity index (χ1v) is 9.05. The van der Waals surface area contributed by atoms with Crippen molar-refractivity contribution < 1.29 is 9.15 Å². The monoisotopic (exact) mass is 342 g/mol. The van der Waals surface area contributed by atoms with E-state index in [9.17, 15) is 0 Å². The predicted molar refractivity (Wildman–Crippen MR) is 95.3 cm³/mol. The minimum Gasteiger partial charge on any atom is -0.468 e. The lowest BCUT2D eigenvalue weighted by atomic mass is 9.76. The molecular weight excluding hydrogens is 316 g/mol. The number of furan rings is 1. The fraction of sp³-hybridized carbons (Fsp3) is 0.579. The van der Waals surface area contributed by atoms with Gasteiger partial charge in [-0.05, 0) is 56.0 Å². The second-order valence-corrected chi connectivity index (χ2v) is 7.35. The van der Waals surface area contributed by atoms with Gasteiger partial charge in [0.1, 0.15) is 5.76 Å². The Balaban J connectivity index is 1.42. The van der Waals surface area contributed by atoms with Crippen molar-refractivity contribution in [2.45, 2.75) is 31.8 Å². The van der Waals surface area contributed by atoms with Crippen LogP contribution in [0.5, 0.6) is 0 Å². The maximum absolute atomic E-state index is 5.49. The smallest absolute Gasteiger partial charge is 0.225 e. The van der Waals surface area contributed by atoms with Gasteiger partial charge in [0, 0.05) is 26.0 Å². The molecule has 4 rings (SSSR count). The van der Waals surface area contributed by atoms with Crippen LogP contribution in [0.1, 0.15) is 25.0 Å². The molecule has 2 aliphatic heterocycles. The molecule has 4 heterocycles. The van der Waals surface area contributed by atoms with Gasteiger partial charge in [-0.2, -0.15) is 0 Å². The van der Waals surface area contributed by atoms with E-state index < -0.39 is 0 Å². The Labute approximate surface area is 148 Å². The Morgan fingerprint density at radius 2 is 2.04 bits per heavy atom. The summed E-state index contributed by atoms with van der Waals surface area (Å²) < 4.78 is 11.0.